The SMILES string of the molecule is CC.CC1OCc2c(NC(=O)OC(C)(C)C)nc3c(c21)CC(CO)OC3. The van der Waals surface area contributed by atoms with Crippen molar-refractivity contribution in [2.45, 2.75) is 79.0 Å². The largest absolute Gasteiger partial charge is 0.444 e. The molecule has 0 bridgehead atoms. The number of hydrogen-bond acceptors (Lipinski definition) is 6. The number of aliphatic hydroxyl groups excluding tert-OH is 1. The van der Waals surface area contributed by atoms with Gasteiger partial charge in [0.1, 0.15) is 11.4 Å². The smallest absolute Gasteiger partial charge is 0.413 e. The van der Waals surface area contributed by atoms with E-state index in [9.17, 15) is 9.90 Å². The van der Waals surface area contributed by atoms with Crippen LogP contribution in [0.15, 0.2) is 0 Å². The zero-order valence-electron chi connectivity index (χ0n) is 16.5. The minimum Gasteiger partial charge on any atom is -0.444 e. The Morgan fingerprint density at radius 1 is 1.27 bits per heavy atom. The fourth-order valence-electron chi connectivity index (χ4n) is 3.12. The van der Waals surface area contributed by atoms with Crippen LogP contribution in [0, 0.1) is 0 Å². The molecular weight excluding hydrogens is 336 g/mol. The van der Waals surface area contributed by atoms with E-state index in [1.54, 1.807) is 0 Å². The van der Waals surface area contributed by atoms with E-state index in [1.807, 2.05) is 41.5 Å². The number of carbonyl (C=O) groups excluding carboxylic acids is 1. The summed E-state index contributed by atoms with van der Waals surface area (Å²) in [5.41, 5.74) is 3.19. The summed E-state index contributed by atoms with van der Waals surface area (Å²) in [7, 11) is 0. The van der Waals surface area contributed by atoms with Crippen molar-refractivity contribution in [3.8, 4) is 0 Å². The van der Waals surface area contributed by atoms with Crippen molar-refractivity contribution < 1.29 is 24.1 Å². The molecule has 2 N–H and O–H groups in total. The second-order valence-corrected chi connectivity index (χ2v) is 7.18. The molecule has 1 aromatic rings. The lowest BCUT2D eigenvalue weighted by molar-refractivity contribution is -0.00958. The van der Waals surface area contributed by atoms with Gasteiger partial charge >= 0.3 is 6.09 Å². The fraction of sp³-hybridized carbons (Fsp3) is 0.684. The number of pyridine rings is 1. The summed E-state index contributed by atoms with van der Waals surface area (Å²) in [6.45, 7) is 12.1. The molecule has 7 heteroatoms. The molecule has 146 valence electrons. The molecule has 0 radical (unpaired) electrons. The monoisotopic (exact) mass is 366 g/mol. The van der Waals surface area contributed by atoms with Crippen LogP contribution in [0.1, 0.15) is 70.0 Å². The molecule has 1 amide bonds. The molecule has 2 aliphatic heterocycles. The summed E-state index contributed by atoms with van der Waals surface area (Å²) >= 11 is 0. The number of aromatic nitrogens is 1. The van der Waals surface area contributed by atoms with Gasteiger partial charge in [-0.3, -0.25) is 5.32 Å². The summed E-state index contributed by atoms with van der Waals surface area (Å²) in [5.74, 6) is 0.466. The average molecular weight is 366 g/mol. The van der Waals surface area contributed by atoms with Gasteiger partial charge in [-0.05, 0) is 38.8 Å². The molecule has 0 spiro atoms. The van der Waals surface area contributed by atoms with E-state index >= 15 is 0 Å². The molecule has 2 unspecified atom stereocenters. The van der Waals surface area contributed by atoms with E-state index in [1.165, 1.54) is 0 Å². The third-order valence-corrected chi connectivity index (χ3v) is 4.13. The third kappa shape index (κ3) is 4.52. The number of hydrogen-bond donors (Lipinski definition) is 2. The van der Waals surface area contributed by atoms with Crippen LogP contribution in [0.5, 0.6) is 0 Å². The Hall–Kier alpha value is -1.70. The Labute approximate surface area is 155 Å². The lowest BCUT2D eigenvalue weighted by atomic mass is 9.93. The van der Waals surface area contributed by atoms with Crippen molar-refractivity contribution in [3.63, 3.8) is 0 Å². The summed E-state index contributed by atoms with van der Waals surface area (Å²) in [6.07, 6.45) is -0.238. The van der Waals surface area contributed by atoms with Gasteiger partial charge in [-0.1, -0.05) is 13.8 Å². The second kappa shape index (κ2) is 8.33. The molecule has 0 saturated heterocycles. The van der Waals surface area contributed by atoms with Crippen LogP contribution >= 0.6 is 0 Å². The van der Waals surface area contributed by atoms with Crippen LogP contribution in [0.2, 0.25) is 0 Å². The lowest BCUT2D eigenvalue weighted by Gasteiger charge is -2.27. The first-order valence-corrected chi connectivity index (χ1v) is 9.17. The maximum Gasteiger partial charge on any atom is 0.413 e. The van der Waals surface area contributed by atoms with Crippen LogP contribution in [0.25, 0.3) is 0 Å². The molecule has 2 atom stereocenters. The lowest BCUT2D eigenvalue weighted by Crippen LogP contribution is -2.30. The zero-order chi connectivity index (χ0) is 19.5. The second-order valence-electron chi connectivity index (χ2n) is 7.18. The fourth-order valence-corrected chi connectivity index (χ4v) is 3.12. The number of nitrogens with zero attached hydrogens (tertiary/aromatic N) is 1. The van der Waals surface area contributed by atoms with E-state index in [0.717, 1.165) is 22.4 Å². The van der Waals surface area contributed by atoms with Crippen LogP contribution in [0.4, 0.5) is 10.6 Å². The number of anilines is 1. The minimum atomic E-state index is -0.581. The van der Waals surface area contributed by atoms with Gasteiger partial charge in [0.05, 0.1) is 37.7 Å². The van der Waals surface area contributed by atoms with E-state index < -0.39 is 11.7 Å². The number of fused-ring (bicyclic) bond motifs is 3. The molecule has 1 aromatic heterocycles. The highest BCUT2D eigenvalue weighted by atomic mass is 16.6. The maximum atomic E-state index is 12.1. The van der Waals surface area contributed by atoms with Crippen molar-refractivity contribution in [2.75, 3.05) is 11.9 Å². The quantitative estimate of drug-likeness (QED) is 0.833. The number of carbonyl (C=O) groups is 1. The molecule has 7 nitrogen and oxygen atoms in total. The summed E-state index contributed by atoms with van der Waals surface area (Å²) < 4.78 is 16.6. The van der Waals surface area contributed by atoms with Gasteiger partial charge in [-0.15, -0.1) is 0 Å². The first kappa shape index (κ1) is 20.6. The summed E-state index contributed by atoms with van der Waals surface area (Å²) in [6, 6.07) is 0. The zero-order valence-corrected chi connectivity index (χ0v) is 16.5. The minimum absolute atomic E-state index is 0.0264. The topological polar surface area (TPSA) is 89.9 Å². The highest BCUT2D eigenvalue weighted by Crippen LogP contribution is 2.40. The molecule has 3 heterocycles. The van der Waals surface area contributed by atoms with Crippen molar-refractivity contribution in [1.29, 1.82) is 0 Å². The van der Waals surface area contributed by atoms with Gasteiger partial charge in [0.25, 0.3) is 0 Å². The van der Waals surface area contributed by atoms with E-state index in [2.05, 4.69) is 10.3 Å². The highest BCUT2D eigenvalue weighted by Gasteiger charge is 2.33. The van der Waals surface area contributed by atoms with Gasteiger partial charge in [0, 0.05) is 12.0 Å². The normalized spacial score (nSPS) is 21.2. The van der Waals surface area contributed by atoms with E-state index in [4.69, 9.17) is 14.2 Å². The molecule has 26 heavy (non-hydrogen) atoms. The van der Waals surface area contributed by atoms with E-state index in [0.29, 0.717) is 25.5 Å². The van der Waals surface area contributed by atoms with Gasteiger partial charge in [-0.2, -0.15) is 0 Å². The molecule has 0 aliphatic carbocycles. The Balaban J connectivity index is 0.00000117. The van der Waals surface area contributed by atoms with Gasteiger partial charge in [-0.25, -0.2) is 9.78 Å². The summed E-state index contributed by atoms with van der Waals surface area (Å²) in [4.78, 5) is 16.7. The predicted molar refractivity (Wildman–Crippen MR) is 98.0 cm³/mol. The Bertz CT molecular complexity index is 654. The van der Waals surface area contributed by atoms with Crippen molar-refractivity contribution in [3.05, 3.63) is 22.4 Å². The molecule has 0 fully saturated rings. The van der Waals surface area contributed by atoms with Crippen LogP contribution in [0.3, 0.4) is 0 Å². The molecule has 0 saturated carbocycles. The number of rotatable bonds is 2. The van der Waals surface area contributed by atoms with Gasteiger partial charge < -0.3 is 19.3 Å². The highest BCUT2D eigenvalue weighted by molar-refractivity contribution is 5.85. The van der Waals surface area contributed by atoms with Crippen LogP contribution in [-0.2, 0) is 33.8 Å². The average Bonchev–Trinajstić information content (AvgIpc) is 2.97. The number of aliphatic hydroxyl groups is 1. The third-order valence-electron chi connectivity index (χ3n) is 4.13. The Morgan fingerprint density at radius 3 is 2.58 bits per heavy atom. The van der Waals surface area contributed by atoms with Crippen molar-refractivity contribution >= 4 is 11.9 Å². The first-order valence-electron chi connectivity index (χ1n) is 9.17. The number of ether oxygens (including phenoxy) is 3. The van der Waals surface area contributed by atoms with Crippen molar-refractivity contribution in [2.24, 2.45) is 0 Å². The Kier molecular flexibility index (Phi) is 6.60. The molecule has 0 aromatic carbocycles. The molecule has 2 aliphatic rings. The number of amides is 1. The van der Waals surface area contributed by atoms with Gasteiger partial charge in [0.15, 0.2) is 0 Å². The van der Waals surface area contributed by atoms with E-state index in [-0.39, 0.29) is 18.8 Å². The van der Waals surface area contributed by atoms with Gasteiger partial charge in [0.2, 0.25) is 0 Å². The summed E-state index contributed by atoms with van der Waals surface area (Å²) in [5, 5.41) is 12.1. The van der Waals surface area contributed by atoms with Crippen LogP contribution in [-0.4, -0.2) is 34.5 Å². The predicted octanol–water partition coefficient (Wildman–Crippen LogP) is 3.48. The van der Waals surface area contributed by atoms with Crippen molar-refractivity contribution in [1.82, 2.24) is 4.98 Å². The first-order chi connectivity index (χ1) is 12.3. The molecular formula is C19H30N2O5. The number of nitrogens with one attached hydrogen (secondary N) is 1. The Morgan fingerprint density at radius 2 is 1.96 bits per heavy atom. The maximum absolute atomic E-state index is 12.1. The van der Waals surface area contributed by atoms with Crippen LogP contribution < -0.4 is 5.32 Å². The standard InChI is InChI=1S/C17H24N2O5.C2H6/c1-9-14-11-5-10(6-20)23-8-13(11)18-15(12(14)7-22-9)19-16(21)24-17(2,3)4;1-2/h9-10,20H,5-8H2,1-4H3,(H,18,19,21);1-2H3. The molecule has 3 rings (SSSR count).